The van der Waals surface area contributed by atoms with Crippen LogP contribution in [0.15, 0.2) is 47.3 Å². The molecule has 3 rings (SSSR count). The van der Waals surface area contributed by atoms with Gasteiger partial charge in [-0.15, -0.1) is 0 Å². The Balaban J connectivity index is 2.27. The average molecular weight is 256 g/mol. The summed E-state index contributed by atoms with van der Waals surface area (Å²) in [5.41, 5.74) is 1.49. The molecule has 0 aliphatic carbocycles. The maximum Gasteiger partial charge on any atom is 0.331 e. The van der Waals surface area contributed by atoms with Gasteiger partial charge in [-0.3, -0.25) is 4.57 Å². The van der Waals surface area contributed by atoms with E-state index in [4.69, 9.17) is 4.74 Å². The number of hydrogen-bond donors (Lipinski definition) is 2. The van der Waals surface area contributed by atoms with Gasteiger partial charge in [-0.25, -0.2) is 4.79 Å². The molecule has 1 aromatic heterocycles. The van der Waals surface area contributed by atoms with Crippen molar-refractivity contribution in [2.75, 3.05) is 7.11 Å². The lowest BCUT2D eigenvalue weighted by molar-refractivity contribution is 0.414. The molecular weight excluding hydrogens is 244 g/mol. The molecule has 0 fully saturated rings. The second kappa shape index (κ2) is 4.20. The van der Waals surface area contributed by atoms with Gasteiger partial charge in [0.2, 0.25) is 0 Å². The number of fused-ring (bicyclic) bond motifs is 1. The van der Waals surface area contributed by atoms with Crippen LogP contribution < -0.4 is 10.4 Å². The third kappa shape index (κ3) is 1.76. The molecule has 0 radical (unpaired) electrons. The highest BCUT2D eigenvalue weighted by Crippen LogP contribution is 2.23. The molecule has 0 spiro atoms. The number of nitrogens with one attached hydrogen (secondary N) is 1. The number of aromatic hydroxyl groups is 1. The van der Waals surface area contributed by atoms with Crippen LogP contribution >= 0.6 is 0 Å². The van der Waals surface area contributed by atoms with Gasteiger partial charge in [0.25, 0.3) is 0 Å². The zero-order chi connectivity index (χ0) is 13.4. The number of para-hydroxylation sites is 1. The van der Waals surface area contributed by atoms with Crippen molar-refractivity contribution in [3.63, 3.8) is 0 Å². The molecule has 5 heteroatoms. The van der Waals surface area contributed by atoms with Crippen molar-refractivity contribution in [1.82, 2.24) is 9.55 Å². The van der Waals surface area contributed by atoms with Crippen LogP contribution in [0.2, 0.25) is 0 Å². The number of benzene rings is 2. The van der Waals surface area contributed by atoms with Crippen molar-refractivity contribution in [2.45, 2.75) is 0 Å². The van der Waals surface area contributed by atoms with E-state index in [0.717, 1.165) is 5.75 Å². The fourth-order valence-electron chi connectivity index (χ4n) is 2.10. The lowest BCUT2D eigenvalue weighted by Gasteiger charge is -2.05. The van der Waals surface area contributed by atoms with E-state index in [9.17, 15) is 9.90 Å². The van der Waals surface area contributed by atoms with Crippen LogP contribution in [0.25, 0.3) is 16.7 Å². The van der Waals surface area contributed by atoms with E-state index in [0.29, 0.717) is 16.7 Å². The molecule has 5 nitrogen and oxygen atoms in total. The average Bonchev–Trinajstić information content (AvgIpc) is 2.77. The van der Waals surface area contributed by atoms with Crippen LogP contribution in [0, 0.1) is 0 Å². The van der Waals surface area contributed by atoms with Crippen LogP contribution in [0.4, 0.5) is 0 Å². The molecule has 0 aliphatic rings. The summed E-state index contributed by atoms with van der Waals surface area (Å²) in [5.74, 6) is 0.779. The zero-order valence-corrected chi connectivity index (χ0v) is 10.3. The van der Waals surface area contributed by atoms with Crippen LogP contribution in [0.3, 0.4) is 0 Å². The Labute approximate surface area is 108 Å². The first kappa shape index (κ1) is 11.4. The number of aromatic nitrogens is 2. The van der Waals surface area contributed by atoms with Gasteiger partial charge in [-0.1, -0.05) is 6.07 Å². The smallest absolute Gasteiger partial charge is 0.331 e. The summed E-state index contributed by atoms with van der Waals surface area (Å²) in [6.45, 7) is 0. The van der Waals surface area contributed by atoms with Crippen molar-refractivity contribution in [2.24, 2.45) is 0 Å². The minimum Gasteiger partial charge on any atom is -0.506 e. The van der Waals surface area contributed by atoms with Gasteiger partial charge in [-0.2, -0.15) is 0 Å². The summed E-state index contributed by atoms with van der Waals surface area (Å²) in [5, 5.41) is 9.73. The lowest BCUT2D eigenvalue weighted by atomic mass is 10.2. The van der Waals surface area contributed by atoms with Crippen LogP contribution in [-0.2, 0) is 0 Å². The quantitative estimate of drug-likeness (QED) is 0.737. The number of phenolic OH excluding ortho intramolecular Hbond substituents is 1. The van der Waals surface area contributed by atoms with Crippen molar-refractivity contribution in [3.05, 3.63) is 52.9 Å². The monoisotopic (exact) mass is 256 g/mol. The topological polar surface area (TPSA) is 67.2 Å². The molecule has 2 aromatic carbocycles. The Bertz CT molecular complexity index is 785. The highest BCUT2D eigenvalue weighted by Gasteiger charge is 2.10. The molecule has 0 saturated heterocycles. The Morgan fingerprint density at radius 1 is 1.16 bits per heavy atom. The van der Waals surface area contributed by atoms with E-state index in [1.165, 1.54) is 10.6 Å². The Hall–Kier alpha value is -2.69. The van der Waals surface area contributed by atoms with Gasteiger partial charge in [0.15, 0.2) is 0 Å². The fraction of sp³-hybridized carbons (Fsp3) is 0.0714. The first-order chi connectivity index (χ1) is 9.20. The summed E-state index contributed by atoms with van der Waals surface area (Å²) in [6.07, 6.45) is 0. The number of H-pyrrole nitrogens is 1. The van der Waals surface area contributed by atoms with Crippen molar-refractivity contribution in [1.29, 1.82) is 0 Å². The van der Waals surface area contributed by atoms with E-state index in [-0.39, 0.29) is 11.4 Å². The highest BCUT2D eigenvalue weighted by atomic mass is 16.5. The number of methoxy groups -OCH3 is 1. The van der Waals surface area contributed by atoms with E-state index < -0.39 is 0 Å². The van der Waals surface area contributed by atoms with Crippen LogP contribution in [0.5, 0.6) is 11.5 Å². The molecule has 96 valence electrons. The molecule has 19 heavy (non-hydrogen) atoms. The molecule has 2 N–H and O–H groups in total. The van der Waals surface area contributed by atoms with Crippen molar-refractivity contribution in [3.8, 4) is 17.2 Å². The second-order valence-electron chi connectivity index (χ2n) is 4.13. The lowest BCUT2D eigenvalue weighted by Crippen LogP contribution is -2.14. The normalized spacial score (nSPS) is 10.8. The van der Waals surface area contributed by atoms with Gasteiger partial charge in [0, 0.05) is 0 Å². The molecular formula is C14H12N2O3. The minimum atomic E-state index is -0.290. The van der Waals surface area contributed by atoms with Gasteiger partial charge in [-0.05, 0) is 36.4 Å². The Kier molecular flexibility index (Phi) is 2.52. The third-order valence-electron chi connectivity index (χ3n) is 3.03. The number of nitrogens with zero attached hydrogens (tertiary/aromatic N) is 1. The van der Waals surface area contributed by atoms with Gasteiger partial charge in [0.05, 0.1) is 18.3 Å². The molecule has 1 heterocycles. The predicted octanol–water partition coefficient (Wildman–Crippen LogP) is 2.03. The van der Waals surface area contributed by atoms with Crippen molar-refractivity contribution < 1.29 is 9.84 Å². The first-order valence-corrected chi connectivity index (χ1v) is 5.78. The molecule has 0 aliphatic heterocycles. The number of hydrogen-bond acceptors (Lipinski definition) is 3. The van der Waals surface area contributed by atoms with Gasteiger partial charge in [0.1, 0.15) is 17.0 Å². The molecule has 0 unspecified atom stereocenters. The zero-order valence-electron chi connectivity index (χ0n) is 10.3. The number of phenols is 1. The van der Waals surface area contributed by atoms with Gasteiger partial charge < -0.3 is 14.8 Å². The van der Waals surface area contributed by atoms with E-state index in [1.54, 1.807) is 43.5 Å². The Morgan fingerprint density at radius 2 is 1.89 bits per heavy atom. The number of imidazole rings is 1. The number of aromatic amines is 1. The van der Waals surface area contributed by atoms with Crippen molar-refractivity contribution >= 4 is 11.0 Å². The summed E-state index contributed by atoms with van der Waals surface area (Å²) >= 11 is 0. The second-order valence-corrected chi connectivity index (χ2v) is 4.13. The molecule has 0 amide bonds. The summed E-state index contributed by atoms with van der Waals surface area (Å²) in [7, 11) is 1.59. The summed E-state index contributed by atoms with van der Waals surface area (Å²) in [4.78, 5) is 14.7. The Morgan fingerprint density at radius 3 is 2.58 bits per heavy atom. The first-order valence-electron chi connectivity index (χ1n) is 5.78. The van der Waals surface area contributed by atoms with E-state index in [2.05, 4.69) is 4.98 Å². The minimum absolute atomic E-state index is 0.0573. The van der Waals surface area contributed by atoms with Crippen LogP contribution in [-0.4, -0.2) is 21.8 Å². The van der Waals surface area contributed by atoms with E-state index >= 15 is 0 Å². The maximum absolute atomic E-state index is 12.0. The number of rotatable bonds is 2. The standard InChI is InChI=1S/C14H12N2O3/c1-19-10-7-5-9(6-8-10)16-11-3-2-4-12(17)13(11)15-14(16)18/h2-8,17H,1H3,(H,15,18). The SMILES string of the molecule is COc1ccc(-n2c(=O)[nH]c3c(O)cccc32)cc1. The predicted molar refractivity (Wildman–Crippen MR) is 72.1 cm³/mol. The molecule has 3 aromatic rings. The number of ether oxygens (including phenoxy) is 1. The summed E-state index contributed by atoms with van der Waals surface area (Å²) in [6, 6.07) is 12.2. The highest BCUT2D eigenvalue weighted by molar-refractivity contribution is 5.83. The molecule has 0 atom stereocenters. The fourth-order valence-corrected chi connectivity index (χ4v) is 2.10. The third-order valence-corrected chi connectivity index (χ3v) is 3.03. The maximum atomic E-state index is 12.0. The van der Waals surface area contributed by atoms with Gasteiger partial charge >= 0.3 is 5.69 Å². The largest absolute Gasteiger partial charge is 0.506 e. The summed E-state index contributed by atoms with van der Waals surface area (Å²) < 4.78 is 6.60. The molecule has 0 bridgehead atoms. The molecule has 0 saturated carbocycles. The van der Waals surface area contributed by atoms with Crippen LogP contribution in [0.1, 0.15) is 0 Å². The van der Waals surface area contributed by atoms with E-state index in [1.807, 2.05) is 0 Å².